The molecule has 0 radical (unpaired) electrons. The highest BCUT2D eigenvalue weighted by Crippen LogP contribution is 2.33. The van der Waals surface area contributed by atoms with Crippen molar-refractivity contribution < 1.29 is 9.59 Å². The van der Waals surface area contributed by atoms with Crippen molar-refractivity contribution in [3.63, 3.8) is 0 Å². The lowest BCUT2D eigenvalue weighted by molar-refractivity contribution is -0.116. The smallest absolute Gasteiger partial charge is 0.311 e. The molecule has 0 atom stereocenters. The van der Waals surface area contributed by atoms with Crippen LogP contribution in [0, 0.1) is 6.92 Å². The van der Waals surface area contributed by atoms with E-state index >= 15 is 0 Å². The summed E-state index contributed by atoms with van der Waals surface area (Å²) in [5.74, 6) is 0.699. The Morgan fingerprint density at radius 1 is 0.837 bits per heavy atom. The number of nitrogens with zero attached hydrogens (tertiary/aromatic N) is 3. The average Bonchev–Trinajstić information content (AvgIpc) is 3.37. The topological polar surface area (TPSA) is 79.3 Å². The third kappa shape index (κ3) is 7.92. The van der Waals surface area contributed by atoms with Gasteiger partial charge in [0.15, 0.2) is 0 Å². The Bertz CT molecular complexity index is 1520. The zero-order valence-corrected chi connectivity index (χ0v) is 26.7. The fraction of sp³-hybridized carbons (Fsp3) is 0.361. The molecule has 3 amide bonds. The molecule has 0 bridgehead atoms. The Hall–Kier alpha value is -4.39. The van der Waals surface area contributed by atoms with Crippen LogP contribution < -0.4 is 10.6 Å². The van der Waals surface area contributed by atoms with Crippen molar-refractivity contribution in [2.24, 2.45) is 0 Å². The highest BCUT2D eigenvalue weighted by atomic mass is 16.2. The van der Waals surface area contributed by atoms with Gasteiger partial charge in [-0.05, 0) is 47.6 Å². The maximum absolute atomic E-state index is 13.9. The van der Waals surface area contributed by atoms with Gasteiger partial charge in [0.05, 0.1) is 11.4 Å². The Morgan fingerprint density at radius 3 is 2.00 bits per heavy atom. The van der Waals surface area contributed by atoms with E-state index in [1.165, 1.54) is 0 Å². The van der Waals surface area contributed by atoms with Gasteiger partial charge in [-0.25, -0.2) is 9.48 Å². The molecule has 0 aliphatic rings. The maximum atomic E-state index is 13.9. The number of carbonyl (C=O) groups excluding carboxylic acids is 2. The molecule has 0 fully saturated rings. The fourth-order valence-electron chi connectivity index (χ4n) is 4.96. The Morgan fingerprint density at radius 2 is 1.44 bits per heavy atom. The number of urea groups is 1. The second-order valence-electron chi connectivity index (χ2n) is 12.9. The highest BCUT2D eigenvalue weighted by molar-refractivity contribution is 5.97. The normalized spacial score (nSPS) is 11.6. The van der Waals surface area contributed by atoms with E-state index in [0.29, 0.717) is 5.82 Å². The minimum atomic E-state index is -0.323. The van der Waals surface area contributed by atoms with Crippen LogP contribution in [0.2, 0.25) is 0 Å². The van der Waals surface area contributed by atoms with Crippen molar-refractivity contribution in [3.8, 4) is 5.69 Å². The molecule has 226 valence electrons. The molecule has 0 spiro atoms. The monoisotopic (exact) mass is 579 g/mol. The fourth-order valence-corrected chi connectivity index (χ4v) is 4.96. The predicted molar refractivity (Wildman–Crippen MR) is 176 cm³/mol. The van der Waals surface area contributed by atoms with Crippen LogP contribution >= 0.6 is 0 Å². The molecule has 0 aliphatic heterocycles. The molecule has 3 aromatic carbocycles. The summed E-state index contributed by atoms with van der Waals surface area (Å²) in [4.78, 5) is 29.1. The molecular formula is C36H45N5O2. The number of aromatic nitrogens is 2. The van der Waals surface area contributed by atoms with Gasteiger partial charge in [-0.1, -0.05) is 115 Å². The van der Waals surface area contributed by atoms with Crippen molar-refractivity contribution in [1.29, 1.82) is 0 Å². The van der Waals surface area contributed by atoms with Crippen LogP contribution in [-0.4, -0.2) is 33.2 Å². The zero-order chi connectivity index (χ0) is 31.3. The van der Waals surface area contributed by atoms with Gasteiger partial charge in [0.2, 0.25) is 5.91 Å². The summed E-state index contributed by atoms with van der Waals surface area (Å²) in [5.41, 5.74) is 6.53. The quantitative estimate of drug-likeness (QED) is 0.209. The zero-order valence-electron chi connectivity index (χ0n) is 26.7. The van der Waals surface area contributed by atoms with Gasteiger partial charge in [0.1, 0.15) is 12.4 Å². The average molecular weight is 580 g/mol. The van der Waals surface area contributed by atoms with Gasteiger partial charge in [-0.3, -0.25) is 4.79 Å². The standard InChI is InChI=1S/C36H45N5O2/c1-24(2)29-15-12-16-30(25(3)4)34(29)38-35(43)40(22-27-13-10-9-11-14-27)23-33(42)37-32-21-31(36(6,7)8)39-41(32)28-19-17-26(5)18-20-28/h9-21,24-25H,22-23H2,1-8H3,(H,37,42)(H,38,43). The number of carbonyl (C=O) groups is 2. The van der Waals surface area contributed by atoms with Crippen LogP contribution in [0.25, 0.3) is 5.69 Å². The first-order chi connectivity index (χ1) is 20.3. The van der Waals surface area contributed by atoms with E-state index < -0.39 is 0 Å². The molecular weight excluding hydrogens is 534 g/mol. The summed E-state index contributed by atoms with van der Waals surface area (Å²) in [5, 5.41) is 11.1. The largest absolute Gasteiger partial charge is 0.322 e. The van der Waals surface area contributed by atoms with Crippen LogP contribution in [0.4, 0.5) is 16.3 Å². The summed E-state index contributed by atoms with van der Waals surface area (Å²) >= 11 is 0. The predicted octanol–water partition coefficient (Wildman–Crippen LogP) is 8.40. The molecule has 0 saturated heterocycles. The van der Waals surface area contributed by atoms with Gasteiger partial charge in [-0.2, -0.15) is 5.10 Å². The van der Waals surface area contributed by atoms with Crippen molar-refractivity contribution in [3.05, 3.63) is 107 Å². The molecule has 43 heavy (non-hydrogen) atoms. The molecule has 4 rings (SSSR count). The molecule has 2 N–H and O–H groups in total. The Balaban J connectivity index is 1.64. The highest BCUT2D eigenvalue weighted by Gasteiger charge is 2.25. The summed E-state index contributed by atoms with van der Waals surface area (Å²) in [7, 11) is 0. The summed E-state index contributed by atoms with van der Waals surface area (Å²) < 4.78 is 1.76. The Labute approximate surface area is 256 Å². The second-order valence-corrected chi connectivity index (χ2v) is 12.9. The van der Waals surface area contributed by atoms with Crippen LogP contribution in [0.3, 0.4) is 0 Å². The van der Waals surface area contributed by atoms with Crippen LogP contribution in [0.5, 0.6) is 0 Å². The van der Waals surface area contributed by atoms with Crippen LogP contribution in [0.15, 0.2) is 78.9 Å². The van der Waals surface area contributed by atoms with Gasteiger partial charge >= 0.3 is 6.03 Å². The van der Waals surface area contributed by atoms with E-state index in [4.69, 9.17) is 5.10 Å². The minimum Gasteiger partial charge on any atom is -0.311 e. The first-order valence-electron chi connectivity index (χ1n) is 15.0. The van der Waals surface area contributed by atoms with Crippen LogP contribution in [-0.2, 0) is 16.8 Å². The molecule has 1 heterocycles. The van der Waals surface area contributed by atoms with Gasteiger partial charge in [-0.15, -0.1) is 0 Å². The SMILES string of the molecule is Cc1ccc(-n2nc(C(C)(C)C)cc2NC(=O)CN(Cc2ccccc2)C(=O)Nc2c(C(C)C)cccc2C(C)C)cc1. The molecule has 7 nitrogen and oxygen atoms in total. The number of benzene rings is 3. The number of amides is 3. The molecule has 0 saturated carbocycles. The summed E-state index contributed by atoms with van der Waals surface area (Å²) in [6.45, 7) is 16.9. The molecule has 0 unspecified atom stereocenters. The van der Waals surface area contributed by atoms with Gasteiger partial charge in [0.25, 0.3) is 0 Å². The first-order valence-corrected chi connectivity index (χ1v) is 15.0. The number of rotatable bonds is 9. The van der Waals surface area contributed by atoms with E-state index in [1.54, 1.807) is 9.58 Å². The lowest BCUT2D eigenvalue weighted by Gasteiger charge is -2.26. The lowest BCUT2D eigenvalue weighted by atomic mass is 9.92. The number of para-hydroxylation sites is 1. The Kier molecular flexibility index (Phi) is 9.74. The minimum absolute atomic E-state index is 0.133. The number of hydrogen-bond donors (Lipinski definition) is 2. The van der Waals surface area contributed by atoms with Gasteiger partial charge < -0.3 is 15.5 Å². The summed E-state index contributed by atoms with van der Waals surface area (Å²) in [6.07, 6.45) is 0. The third-order valence-corrected chi connectivity index (χ3v) is 7.47. The molecule has 4 aromatic rings. The van der Waals surface area contributed by atoms with Crippen LogP contribution in [0.1, 0.15) is 88.2 Å². The number of nitrogens with one attached hydrogen (secondary N) is 2. The molecule has 7 heteroatoms. The van der Waals surface area contributed by atoms with Crippen molar-refractivity contribution in [1.82, 2.24) is 14.7 Å². The first kappa shape index (κ1) is 31.5. The van der Waals surface area contributed by atoms with Gasteiger partial charge in [0, 0.05) is 23.7 Å². The van der Waals surface area contributed by atoms with E-state index in [9.17, 15) is 9.59 Å². The number of hydrogen-bond acceptors (Lipinski definition) is 3. The van der Waals surface area contributed by atoms with E-state index in [2.05, 4.69) is 71.2 Å². The molecule has 0 aliphatic carbocycles. The molecule has 1 aromatic heterocycles. The third-order valence-electron chi connectivity index (χ3n) is 7.47. The second kappa shape index (κ2) is 13.3. The van der Waals surface area contributed by atoms with Crippen molar-refractivity contribution >= 4 is 23.4 Å². The van der Waals surface area contributed by atoms with E-state index in [1.807, 2.05) is 73.7 Å². The van der Waals surface area contributed by atoms with E-state index in [-0.39, 0.29) is 42.3 Å². The summed E-state index contributed by atoms with van der Waals surface area (Å²) in [6, 6.07) is 25.5. The van der Waals surface area contributed by atoms with Crippen molar-refractivity contribution in [2.45, 2.75) is 79.2 Å². The number of anilines is 2. The lowest BCUT2D eigenvalue weighted by Crippen LogP contribution is -2.40. The maximum Gasteiger partial charge on any atom is 0.322 e. The number of aryl methyl sites for hydroxylation is 1. The van der Waals surface area contributed by atoms with Crippen molar-refractivity contribution in [2.75, 3.05) is 17.2 Å². The van der Waals surface area contributed by atoms with E-state index in [0.717, 1.165) is 39.3 Å².